The molecule has 3 aromatic carbocycles. The number of hydrogen-bond acceptors (Lipinski definition) is 5. The molecule has 0 fully saturated rings. The standard InChI is InChI=1S/C26H33NO4SSi/c1-29-23-13-7-20(8-14-23)26(27-19-31-33(4,5)6,21-9-15-24(30-2)16-10-21)22-11-17-25(18-12-22)32(3)28/h7-18,27H,19H2,1-6H3. The number of ether oxygens (including phenoxy) is 2. The molecule has 3 rings (SSSR count). The fraction of sp³-hybridized carbons (Fsp3) is 0.308. The lowest BCUT2D eigenvalue weighted by Gasteiger charge is -2.38. The molecule has 3 aromatic rings. The van der Waals surface area contributed by atoms with E-state index in [1.807, 2.05) is 48.5 Å². The van der Waals surface area contributed by atoms with Crippen LogP contribution in [0.1, 0.15) is 16.7 Å². The minimum atomic E-state index is -1.76. The smallest absolute Gasteiger partial charge is 0.185 e. The summed E-state index contributed by atoms with van der Waals surface area (Å²) in [7, 11) is 0.517. The van der Waals surface area contributed by atoms with Crippen LogP contribution < -0.4 is 14.8 Å². The second kappa shape index (κ2) is 10.7. The van der Waals surface area contributed by atoms with Gasteiger partial charge in [0.25, 0.3) is 0 Å². The first kappa shape index (κ1) is 25.2. The first-order valence-electron chi connectivity index (χ1n) is 10.8. The fourth-order valence-electron chi connectivity index (χ4n) is 3.75. The van der Waals surface area contributed by atoms with Crippen LogP contribution in [0.3, 0.4) is 0 Å². The largest absolute Gasteiger partial charge is 0.497 e. The minimum Gasteiger partial charge on any atom is -0.497 e. The summed E-state index contributed by atoms with van der Waals surface area (Å²) < 4.78 is 29.1. The second-order valence-electron chi connectivity index (χ2n) is 8.76. The Balaban J connectivity index is 2.22. The molecule has 0 amide bonds. The number of benzene rings is 3. The Kier molecular flexibility index (Phi) is 8.13. The van der Waals surface area contributed by atoms with Crippen molar-refractivity contribution in [3.8, 4) is 11.5 Å². The highest BCUT2D eigenvalue weighted by atomic mass is 32.2. The second-order valence-corrected chi connectivity index (χ2v) is 14.7. The summed E-state index contributed by atoms with van der Waals surface area (Å²) in [5, 5.41) is 3.72. The van der Waals surface area contributed by atoms with Gasteiger partial charge in [0.05, 0.1) is 26.5 Å². The predicted octanol–water partition coefficient (Wildman–Crippen LogP) is 5.13. The van der Waals surface area contributed by atoms with Gasteiger partial charge in [0.15, 0.2) is 8.32 Å². The van der Waals surface area contributed by atoms with Gasteiger partial charge < -0.3 is 13.9 Å². The van der Waals surface area contributed by atoms with Crippen LogP contribution in [-0.2, 0) is 20.8 Å². The third-order valence-electron chi connectivity index (χ3n) is 5.51. The maximum absolute atomic E-state index is 12.0. The lowest BCUT2D eigenvalue weighted by molar-refractivity contribution is 0.242. The van der Waals surface area contributed by atoms with Crippen molar-refractivity contribution in [1.29, 1.82) is 0 Å². The van der Waals surface area contributed by atoms with Crippen molar-refractivity contribution in [2.45, 2.75) is 30.1 Å². The van der Waals surface area contributed by atoms with E-state index in [0.29, 0.717) is 6.73 Å². The summed E-state index contributed by atoms with van der Waals surface area (Å²) in [6.45, 7) is 6.89. The molecule has 0 saturated carbocycles. The molecule has 1 atom stereocenters. The number of nitrogens with one attached hydrogen (secondary N) is 1. The van der Waals surface area contributed by atoms with E-state index in [1.165, 1.54) is 0 Å². The summed E-state index contributed by atoms with van der Waals surface area (Å²) in [6.07, 6.45) is 1.69. The van der Waals surface area contributed by atoms with Gasteiger partial charge in [-0.3, -0.25) is 9.53 Å². The summed E-state index contributed by atoms with van der Waals surface area (Å²) in [5.41, 5.74) is 2.40. The first-order valence-corrected chi connectivity index (χ1v) is 15.8. The highest BCUT2D eigenvalue weighted by Gasteiger charge is 2.36. The van der Waals surface area contributed by atoms with Gasteiger partial charge in [0.1, 0.15) is 11.5 Å². The molecule has 5 nitrogen and oxygen atoms in total. The van der Waals surface area contributed by atoms with Crippen LogP contribution in [0.5, 0.6) is 11.5 Å². The molecule has 1 unspecified atom stereocenters. The summed E-state index contributed by atoms with van der Waals surface area (Å²) in [4.78, 5) is 0.787. The molecule has 0 aliphatic carbocycles. The zero-order valence-corrected chi connectivity index (χ0v) is 22.0. The SMILES string of the molecule is COc1ccc(C(NCO[Si](C)(C)C)(c2ccc(OC)cc2)c2ccc(S(C)=O)cc2)cc1. The van der Waals surface area contributed by atoms with Crippen molar-refractivity contribution < 1.29 is 18.1 Å². The molecule has 0 aromatic heterocycles. The van der Waals surface area contributed by atoms with Gasteiger partial charge in [0, 0.05) is 22.0 Å². The summed E-state index contributed by atoms with van der Waals surface area (Å²) in [6, 6.07) is 24.0. The van der Waals surface area contributed by atoms with Crippen LogP contribution in [0.15, 0.2) is 77.7 Å². The predicted molar refractivity (Wildman–Crippen MR) is 137 cm³/mol. The summed E-state index contributed by atoms with van der Waals surface area (Å²) >= 11 is 0. The molecule has 0 radical (unpaired) electrons. The molecule has 0 aliphatic rings. The Labute approximate surface area is 200 Å². The Morgan fingerprint density at radius 1 is 0.758 bits per heavy atom. The molecule has 7 heteroatoms. The van der Waals surface area contributed by atoms with Gasteiger partial charge >= 0.3 is 0 Å². The molecule has 1 N–H and O–H groups in total. The zero-order valence-electron chi connectivity index (χ0n) is 20.2. The van der Waals surface area contributed by atoms with Crippen LogP contribution in [0.4, 0.5) is 0 Å². The monoisotopic (exact) mass is 483 g/mol. The van der Waals surface area contributed by atoms with E-state index in [0.717, 1.165) is 33.1 Å². The molecule has 33 heavy (non-hydrogen) atoms. The van der Waals surface area contributed by atoms with E-state index in [4.69, 9.17) is 13.9 Å². The Bertz CT molecular complexity index is 1010. The van der Waals surface area contributed by atoms with Gasteiger partial charge in [-0.25, -0.2) is 0 Å². The van der Waals surface area contributed by atoms with Crippen molar-refractivity contribution >= 4 is 19.1 Å². The van der Waals surface area contributed by atoms with E-state index in [-0.39, 0.29) is 0 Å². The number of rotatable bonds is 10. The first-order chi connectivity index (χ1) is 15.7. The average Bonchev–Trinajstić information content (AvgIpc) is 2.81. The van der Waals surface area contributed by atoms with E-state index < -0.39 is 24.7 Å². The van der Waals surface area contributed by atoms with Crippen LogP contribution in [0.2, 0.25) is 19.6 Å². The Morgan fingerprint density at radius 2 is 1.15 bits per heavy atom. The molecular formula is C26H33NO4SSi. The Hall–Kier alpha value is -2.45. The van der Waals surface area contributed by atoms with Gasteiger partial charge in [-0.2, -0.15) is 0 Å². The van der Waals surface area contributed by atoms with Crippen LogP contribution >= 0.6 is 0 Å². The van der Waals surface area contributed by atoms with Gasteiger partial charge in [-0.15, -0.1) is 0 Å². The lowest BCUT2D eigenvalue weighted by atomic mass is 9.77. The summed E-state index contributed by atoms with van der Waals surface area (Å²) in [5.74, 6) is 1.58. The van der Waals surface area contributed by atoms with Crippen LogP contribution in [-0.4, -0.2) is 39.7 Å². The van der Waals surface area contributed by atoms with Crippen LogP contribution in [0, 0.1) is 0 Å². The van der Waals surface area contributed by atoms with Gasteiger partial charge in [-0.05, 0) is 72.7 Å². The average molecular weight is 484 g/mol. The van der Waals surface area contributed by atoms with E-state index in [2.05, 4.69) is 49.2 Å². The van der Waals surface area contributed by atoms with E-state index >= 15 is 0 Å². The van der Waals surface area contributed by atoms with Crippen LogP contribution in [0.25, 0.3) is 0 Å². The topological polar surface area (TPSA) is 56.8 Å². The van der Waals surface area contributed by atoms with E-state index in [1.54, 1.807) is 20.5 Å². The highest BCUT2D eigenvalue weighted by molar-refractivity contribution is 7.84. The van der Waals surface area contributed by atoms with Gasteiger partial charge in [0.2, 0.25) is 0 Å². The lowest BCUT2D eigenvalue weighted by Crippen LogP contribution is -2.47. The molecule has 0 spiro atoms. The maximum atomic E-state index is 12.0. The molecule has 0 bridgehead atoms. The number of methoxy groups -OCH3 is 2. The van der Waals surface area contributed by atoms with Crippen molar-refractivity contribution in [2.75, 3.05) is 27.2 Å². The molecule has 0 aliphatic heterocycles. The van der Waals surface area contributed by atoms with Crippen molar-refractivity contribution in [3.05, 3.63) is 89.5 Å². The molecular weight excluding hydrogens is 450 g/mol. The molecule has 0 heterocycles. The fourth-order valence-corrected chi connectivity index (χ4v) is 4.77. The quantitative estimate of drug-likeness (QED) is 0.246. The maximum Gasteiger partial charge on any atom is 0.185 e. The molecule has 0 saturated heterocycles. The van der Waals surface area contributed by atoms with Crippen molar-refractivity contribution in [2.24, 2.45) is 0 Å². The molecule has 176 valence electrons. The minimum absolute atomic E-state index is 0.384. The van der Waals surface area contributed by atoms with Gasteiger partial charge in [-0.1, -0.05) is 36.4 Å². The zero-order chi connectivity index (χ0) is 24.1. The van der Waals surface area contributed by atoms with E-state index in [9.17, 15) is 4.21 Å². The third kappa shape index (κ3) is 5.92. The van der Waals surface area contributed by atoms with Crippen molar-refractivity contribution in [3.63, 3.8) is 0 Å². The van der Waals surface area contributed by atoms with Crippen molar-refractivity contribution in [1.82, 2.24) is 5.32 Å². The third-order valence-corrected chi connectivity index (χ3v) is 7.45. The highest BCUT2D eigenvalue weighted by Crippen LogP contribution is 2.38. The Morgan fingerprint density at radius 3 is 1.48 bits per heavy atom. The number of hydrogen-bond donors (Lipinski definition) is 1. The normalized spacial score (nSPS) is 12.9.